The Hall–Kier alpha value is -3.24. The molecule has 226 valence electrons. The molecule has 4 N–H and O–H groups in total. The van der Waals surface area contributed by atoms with Crippen molar-refractivity contribution < 1.29 is 29.1 Å². The number of fused-ring (bicyclic) bond motifs is 1. The van der Waals surface area contributed by atoms with Gasteiger partial charge in [-0.25, -0.2) is 9.78 Å². The Kier molecular flexibility index (Phi) is 10.1. The van der Waals surface area contributed by atoms with Crippen LogP contribution in [-0.4, -0.2) is 114 Å². The standard InChI is InChI=1S/C28H29N7O6S2.Na.H/c29-28-31-19(14-43-28)20(33-41-18-3-1-2-4-18)23(36)32-21-25(38)35-22(27(39)40)17(13-42-26(21)35)11-16-7-10-34(24(16)37)12-15-5-8-30-9-6-15;;/h5-6,8-9,11,14,18,21,26H,1-4,7,10,12-13H2,(H2,29,31)(H,32,36)(H,39,40);;/b16-11?,33-20-;;/t21-,26-;;/m1../s1. The number of nitrogens with one attached hydrogen (secondary N) is 1. The fraction of sp³-hybridized carbons (Fsp3) is 0.393. The van der Waals surface area contributed by atoms with Crippen molar-refractivity contribution >= 4 is 87.2 Å². The van der Waals surface area contributed by atoms with Gasteiger partial charge in [0.1, 0.15) is 28.9 Å². The fourth-order valence-electron chi connectivity index (χ4n) is 5.56. The maximum absolute atomic E-state index is 13.3. The number of thioether (sulfide) groups is 1. The monoisotopic (exact) mass is 647 g/mol. The van der Waals surface area contributed by atoms with Crippen LogP contribution >= 0.6 is 23.1 Å². The molecule has 2 aromatic rings. The van der Waals surface area contributed by atoms with E-state index in [4.69, 9.17) is 10.6 Å². The van der Waals surface area contributed by atoms with Crippen LogP contribution in [0, 0.1) is 0 Å². The van der Waals surface area contributed by atoms with Crippen LogP contribution in [0.5, 0.6) is 0 Å². The van der Waals surface area contributed by atoms with Gasteiger partial charge in [-0.15, -0.1) is 23.1 Å². The van der Waals surface area contributed by atoms with Gasteiger partial charge in [0.25, 0.3) is 11.8 Å². The molecule has 1 aliphatic carbocycles. The molecule has 3 aliphatic heterocycles. The Labute approximate surface area is 283 Å². The van der Waals surface area contributed by atoms with E-state index in [9.17, 15) is 24.3 Å². The van der Waals surface area contributed by atoms with Gasteiger partial charge in [0.05, 0.1) is 0 Å². The van der Waals surface area contributed by atoms with E-state index in [-0.39, 0.29) is 69.6 Å². The fourth-order valence-corrected chi connectivity index (χ4v) is 7.41. The molecule has 0 bridgehead atoms. The van der Waals surface area contributed by atoms with Crippen molar-refractivity contribution in [2.24, 2.45) is 5.16 Å². The SMILES string of the molecule is Nc1nc(/C(=N/OC2CCCC2)C(=O)N[C@@H]2C(=O)N3C(C(=O)O)=C(C=C4CCN(Cc5ccncc5)C4=O)CS[C@H]23)cs1.[NaH]. The second kappa shape index (κ2) is 13.8. The molecule has 5 heterocycles. The van der Waals surface area contributed by atoms with Gasteiger partial charge in [0.15, 0.2) is 10.8 Å². The number of nitrogens with zero attached hydrogens (tertiary/aromatic N) is 5. The van der Waals surface area contributed by atoms with Gasteiger partial charge >= 0.3 is 35.5 Å². The Bertz CT molecular complexity index is 1560. The van der Waals surface area contributed by atoms with Gasteiger partial charge in [-0.1, -0.05) is 5.16 Å². The Morgan fingerprint density at radius 2 is 1.98 bits per heavy atom. The molecule has 6 rings (SSSR count). The minimum absolute atomic E-state index is 0. The first-order valence-corrected chi connectivity index (χ1v) is 15.8. The molecule has 13 nitrogen and oxygen atoms in total. The number of carboxylic acids is 1. The number of amides is 3. The zero-order valence-corrected chi connectivity index (χ0v) is 24.6. The molecule has 2 saturated heterocycles. The van der Waals surface area contributed by atoms with Gasteiger partial charge in [-0.3, -0.25) is 24.3 Å². The summed E-state index contributed by atoms with van der Waals surface area (Å²) in [5, 5.41) is 18.1. The summed E-state index contributed by atoms with van der Waals surface area (Å²) in [7, 11) is 0. The van der Waals surface area contributed by atoms with E-state index in [0.717, 1.165) is 42.6 Å². The third-order valence-electron chi connectivity index (χ3n) is 7.75. The van der Waals surface area contributed by atoms with Crippen LogP contribution in [0.15, 0.2) is 58.0 Å². The van der Waals surface area contributed by atoms with Crippen molar-refractivity contribution in [1.82, 2.24) is 25.1 Å². The van der Waals surface area contributed by atoms with Crippen LogP contribution in [0.2, 0.25) is 0 Å². The number of β-lactam (4-membered cyclic amide) rings is 1. The number of allylic oxidation sites excluding steroid dienone is 1. The Balaban J connectivity index is 0.00000384. The topological polar surface area (TPSA) is 180 Å². The number of likely N-dealkylation sites (tertiary alicyclic amines) is 1. The van der Waals surface area contributed by atoms with Gasteiger partial charge in [-0.2, -0.15) is 0 Å². The molecule has 0 unspecified atom stereocenters. The van der Waals surface area contributed by atoms with Crippen LogP contribution in [-0.2, 0) is 30.6 Å². The van der Waals surface area contributed by atoms with Crippen LogP contribution < -0.4 is 11.1 Å². The van der Waals surface area contributed by atoms with Crippen molar-refractivity contribution in [3.05, 3.63) is 64.1 Å². The van der Waals surface area contributed by atoms with Crippen LogP contribution in [0.1, 0.15) is 43.4 Å². The molecule has 1 saturated carbocycles. The molecule has 16 heteroatoms. The average Bonchev–Trinajstić information content (AvgIpc) is 3.75. The van der Waals surface area contributed by atoms with Crippen molar-refractivity contribution in [2.75, 3.05) is 18.0 Å². The van der Waals surface area contributed by atoms with Crippen LogP contribution in [0.4, 0.5) is 5.13 Å². The number of hydrogen-bond acceptors (Lipinski definition) is 11. The number of anilines is 1. The number of carbonyl (C=O) groups excluding carboxylic acids is 3. The number of pyridine rings is 1. The minimum atomic E-state index is -1.28. The van der Waals surface area contributed by atoms with E-state index in [0.29, 0.717) is 30.7 Å². The van der Waals surface area contributed by atoms with E-state index < -0.39 is 29.2 Å². The average molecular weight is 648 g/mol. The molecule has 0 aromatic carbocycles. The molecule has 3 amide bonds. The summed E-state index contributed by atoms with van der Waals surface area (Å²) in [6, 6.07) is 2.71. The number of carboxylic acid groups (broad SMARTS) is 1. The molecule has 0 spiro atoms. The third-order valence-corrected chi connectivity index (χ3v) is 9.72. The summed E-state index contributed by atoms with van der Waals surface area (Å²) in [6.07, 6.45) is 9.01. The van der Waals surface area contributed by atoms with Gasteiger partial charge < -0.3 is 25.9 Å². The van der Waals surface area contributed by atoms with Crippen LogP contribution in [0.3, 0.4) is 0 Å². The number of nitrogens with two attached hydrogens (primary N) is 1. The summed E-state index contributed by atoms with van der Waals surface area (Å²) in [5.74, 6) is -2.43. The molecule has 2 aromatic heterocycles. The number of rotatable bonds is 9. The molecule has 3 fully saturated rings. The predicted molar refractivity (Wildman–Crippen MR) is 166 cm³/mol. The summed E-state index contributed by atoms with van der Waals surface area (Å²) in [4.78, 5) is 68.7. The predicted octanol–water partition coefficient (Wildman–Crippen LogP) is 1.23. The summed E-state index contributed by atoms with van der Waals surface area (Å²) >= 11 is 2.46. The Morgan fingerprint density at radius 1 is 1.23 bits per heavy atom. The van der Waals surface area contributed by atoms with Gasteiger partial charge in [0.2, 0.25) is 5.91 Å². The molecule has 44 heavy (non-hydrogen) atoms. The first-order chi connectivity index (χ1) is 20.8. The molecule has 0 radical (unpaired) electrons. The number of thiazole rings is 1. The van der Waals surface area contributed by atoms with E-state index in [1.165, 1.54) is 16.7 Å². The van der Waals surface area contributed by atoms with E-state index in [1.54, 1.807) is 28.7 Å². The zero-order chi connectivity index (χ0) is 30.1. The Morgan fingerprint density at radius 3 is 2.66 bits per heavy atom. The number of carbonyl (C=O) groups is 4. The number of nitrogen functional groups attached to an aromatic ring is 1. The van der Waals surface area contributed by atoms with Gasteiger partial charge in [-0.05, 0) is 61.4 Å². The number of aromatic nitrogens is 2. The van der Waals surface area contributed by atoms with E-state index in [2.05, 4.69) is 20.4 Å². The van der Waals surface area contributed by atoms with Crippen molar-refractivity contribution in [3.8, 4) is 0 Å². The van der Waals surface area contributed by atoms with Crippen LogP contribution in [0.25, 0.3) is 0 Å². The van der Waals surface area contributed by atoms with Crippen molar-refractivity contribution in [3.63, 3.8) is 0 Å². The summed E-state index contributed by atoms with van der Waals surface area (Å²) in [6.45, 7) is 0.936. The summed E-state index contributed by atoms with van der Waals surface area (Å²) in [5.41, 5.74) is 7.55. The zero-order valence-electron chi connectivity index (χ0n) is 23.0. The summed E-state index contributed by atoms with van der Waals surface area (Å²) < 4.78 is 0. The quantitative estimate of drug-likeness (QED) is 0.118. The van der Waals surface area contributed by atoms with E-state index in [1.807, 2.05) is 12.1 Å². The number of aliphatic carboxylic acids is 1. The first-order valence-electron chi connectivity index (χ1n) is 13.9. The molecular weight excluding hydrogens is 617 g/mol. The molecular formula is C28H30N7NaO6S2. The first kappa shape index (κ1) is 32.2. The van der Waals surface area contributed by atoms with Crippen molar-refractivity contribution in [1.29, 1.82) is 0 Å². The van der Waals surface area contributed by atoms with Gasteiger partial charge in [0, 0.05) is 42.2 Å². The number of oxime groups is 1. The van der Waals surface area contributed by atoms with E-state index >= 15 is 0 Å². The maximum atomic E-state index is 13.3. The van der Waals surface area contributed by atoms with Crippen molar-refractivity contribution in [2.45, 2.75) is 56.2 Å². The normalized spacial score (nSPS) is 23.0. The second-order valence-electron chi connectivity index (χ2n) is 10.6. The molecule has 2 atom stereocenters. The molecule has 4 aliphatic rings. The third kappa shape index (κ3) is 6.56. The number of hydrogen-bond donors (Lipinski definition) is 3. The second-order valence-corrected chi connectivity index (χ2v) is 12.6.